The fraction of sp³-hybridized carbons (Fsp3) is 0.455. The molecule has 19 heavy (non-hydrogen) atoms. The van der Waals surface area contributed by atoms with Gasteiger partial charge < -0.3 is 0 Å². The van der Waals surface area contributed by atoms with Crippen LogP contribution >= 0.6 is 22.6 Å². The summed E-state index contributed by atoms with van der Waals surface area (Å²) in [6.45, 7) is 0.906. The minimum absolute atomic E-state index is 0.101. The van der Waals surface area contributed by atoms with Crippen molar-refractivity contribution in [1.29, 1.82) is 0 Å². The molecule has 0 amide bonds. The van der Waals surface area contributed by atoms with Gasteiger partial charge in [0.15, 0.2) is 0 Å². The van der Waals surface area contributed by atoms with Crippen molar-refractivity contribution in [3.05, 3.63) is 32.9 Å². The van der Waals surface area contributed by atoms with E-state index in [0.29, 0.717) is 6.07 Å². The van der Waals surface area contributed by atoms with E-state index in [4.69, 9.17) is 0 Å². The number of hydrogen-bond acceptors (Lipinski definition) is 0. The maximum Gasteiger partial charge on any atom is 0.420 e. The average molecular weight is 400 g/mol. The first kappa shape index (κ1) is 16.5. The lowest BCUT2D eigenvalue weighted by atomic mass is 9.94. The Bertz CT molecular complexity index is 449. The van der Waals surface area contributed by atoms with E-state index in [9.17, 15) is 30.7 Å². The Hall–Kier alpha value is -0.540. The lowest BCUT2D eigenvalue weighted by Gasteiger charge is -2.21. The van der Waals surface area contributed by atoms with Crippen molar-refractivity contribution in [3.8, 4) is 0 Å². The van der Waals surface area contributed by atoms with Gasteiger partial charge in [0, 0.05) is 9.49 Å². The fourth-order valence-corrected chi connectivity index (χ4v) is 2.19. The van der Waals surface area contributed by atoms with E-state index in [1.165, 1.54) is 0 Å². The van der Waals surface area contributed by atoms with Crippen LogP contribution in [0, 0.1) is 3.57 Å². The summed E-state index contributed by atoms with van der Waals surface area (Å²) < 4.78 is 87.5. The molecule has 1 aromatic rings. The number of halogens is 8. The summed E-state index contributed by atoms with van der Waals surface area (Å²) >= 11 is 1.55. The maximum atomic E-state index is 13.1. The van der Waals surface area contributed by atoms with Gasteiger partial charge in [0.1, 0.15) is 0 Å². The molecule has 0 heterocycles. The Morgan fingerprint density at radius 1 is 1.00 bits per heavy atom. The second-order valence-corrected chi connectivity index (χ2v) is 5.25. The van der Waals surface area contributed by atoms with Crippen molar-refractivity contribution in [2.75, 3.05) is 0 Å². The Balaban J connectivity index is 3.18. The van der Waals surface area contributed by atoms with Crippen molar-refractivity contribution in [2.45, 2.75) is 31.4 Å². The first-order valence-electron chi connectivity index (χ1n) is 5.01. The molecule has 0 saturated heterocycles. The van der Waals surface area contributed by atoms with E-state index >= 15 is 0 Å². The van der Waals surface area contributed by atoms with E-state index in [1.807, 2.05) is 0 Å². The Morgan fingerprint density at radius 3 is 1.95 bits per heavy atom. The molecule has 0 aliphatic rings. The lowest BCUT2D eigenvalue weighted by Crippen LogP contribution is -2.29. The highest BCUT2D eigenvalue weighted by atomic mass is 127. The maximum absolute atomic E-state index is 13.1. The van der Waals surface area contributed by atoms with E-state index in [-0.39, 0.29) is 9.13 Å². The quantitative estimate of drug-likeness (QED) is 0.466. The predicted octanol–water partition coefficient (Wildman–Crippen LogP) is 5.31. The Morgan fingerprint density at radius 2 is 1.53 bits per heavy atom. The van der Waals surface area contributed by atoms with Crippen LogP contribution in [0.2, 0.25) is 0 Å². The third-order valence-electron chi connectivity index (χ3n) is 2.52. The summed E-state index contributed by atoms with van der Waals surface area (Å²) in [5, 5.41) is 0. The zero-order valence-corrected chi connectivity index (χ0v) is 11.6. The minimum Gasteiger partial charge on any atom is -0.237 e. The largest absolute Gasteiger partial charge is 0.420 e. The van der Waals surface area contributed by atoms with Crippen molar-refractivity contribution < 1.29 is 30.7 Å². The van der Waals surface area contributed by atoms with Gasteiger partial charge in [0.25, 0.3) is 0 Å². The topological polar surface area (TPSA) is 0 Å². The summed E-state index contributed by atoms with van der Waals surface area (Å²) in [5.41, 5.74) is -1.42. The zero-order chi connectivity index (χ0) is 15.0. The molecule has 0 aliphatic heterocycles. The van der Waals surface area contributed by atoms with Crippen LogP contribution in [0.4, 0.5) is 30.7 Å². The van der Waals surface area contributed by atoms with Crippen molar-refractivity contribution in [2.24, 2.45) is 0 Å². The summed E-state index contributed by atoms with van der Waals surface area (Å²) in [5.74, 6) is -1.70. The normalized spacial score (nSPS) is 16.3. The highest BCUT2D eigenvalue weighted by molar-refractivity contribution is 14.1. The second-order valence-electron chi connectivity index (χ2n) is 4.00. The van der Waals surface area contributed by atoms with Gasteiger partial charge in [0.05, 0.1) is 5.56 Å². The highest BCUT2D eigenvalue weighted by Gasteiger charge is 2.44. The van der Waals surface area contributed by atoms with Gasteiger partial charge in [-0.3, -0.25) is 0 Å². The van der Waals surface area contributed by atoms with Gasteiger partial charge in [-0.15, -0.1) is 0 Å². The van der Waals surface area contributed by atoms with Crippen LogP contribution in [0.5, 0.6) is 0 Å². The molecule has 0 N–H and O–H groups in total. The van der Waals surface area contributed by atoms with E-state index in [2.05, 4.69) is 0 Å². The smallest absolute Gasteiger partial charge is 0.237 e. The van der Waals surface area contributed by atoms with Gasteiger partial charge >= 0.3 is 12.4 Å². The number of rotatable bonds is 2. The van der Waals surface area contributed by atoms with Crippen LogP contribution in [-0.2, 0) is 6.18 Å². The van der Waals surface area contributed by atoms with Gasteiger partial charge in [-0.2, -0.15) is 26.3 Å². The Labute approximate surface area is 118 Å². The molecule has 2 atom stereocenters. The van der Waals surface area contributed by atoms with E-state index < -0.39 is 30.0 Å². The van der Waals surface area contributed by atoms with Crippen LogP contribution in [0.3, 0.4) is 0 Å². The lowest BCUT2D eigenvalue weighted by molar-refractivity contribution is -0.185. The molecule has 0 radical (unpaired) electrons. The number of benzene rings is 1. The third kappa shape index (κ3) is 4.22. The number of hydrogen-bond donors (Lipinski definition) is 0. The van der Waals surface area contributed by atoms with Gasteiger partial charge in [-0.1, -0.05) is 6.92 Å². The van der Waals surface area contributed by atoms with Crippen LogP contribution in [-0.4, -0.2) is 12.3 Å². The third-order valence-corrected chi connectivity index (χ3v) is 3.15. The molecule has 0 fully saturated rings. The molecule has 0 bridgehead atoms. The fourth-order valence-electron chi connectivity index (χ4n) is 1.49. The molecule has 2 unspecified atom stereocenters. The highest BCUT2D eigenvalue weighted by Crippen LogP contribution is 2.37. The molecule has 1 rings (SSSR count). The molecular formula is C11H8F7I. The molecule has 8 heteroatoms. The average Bonchev–Trinajstić information content (AvgIpc) is 2.23. The monoisotopic (exact) mass is 400 g/mol. The van der Waals surface area contributed by atoms with Gasteiger partial charge in [-0.25, -0.2) is 4.39 Å². The first-order valence-corrected chi connectivity index (χ1v) is 6.09. The molecule has 0 spiro atoms. The summed E-state index contributed by atoms with van der Waals surface area (Å²) in [6.07, 6.45) is -13.0. The Kier molecular flexibility index (Phi) is 4.74. The van der Waals surface area contributed by atoms with Crippen molar-refractivity contribution in [1.82, 2.24) is 0 Å². The number of alkyl halides is 7. The second kappa shape index (κ2) is 5.45. The van der Waals surface area contributed by atoms with Crippen LogP contribution in [0.25, 0.3) is 0 Å². The standard InChI is InChI=1S/C11H8F7I/c1-5(9(12)11(16,17)18)6-2-7(10(13,14)15)4-8(19)3-6/h2-5,9H,1H3. The van der Waals surface area contributed by atoms with Crippen LogP contribution in [0.15, 0.2) is 18.2 Å². The minimum atomic E-state index is -5.10. The van der Waals surface area contributed by atoms with E-state index in [0.717, 1.165) is 19.1 Å². The van der Waals surface area contributed by atoms with E-state index in [1.54, 1.807) is 22.6 Å². The van der Waals surface area contributed by atoms with Crippen molar-refractivity contribution in [3.63, 3.8) is 0 Å². The van der Waals surface area contributed by atoms with Crippen LogP contribution < -0.4 is 0 Å². The van der Waals surface area contributed by atoms with Gasteiger partial charge in [-0.05, 0) is 46.4 Å². The molecule has 0 saturated carbocycles. The molecule has 108 valence electrons. The first-order chi connectivity index (χ1) is 8.43. The molecule has 1 aromatic carbocycles. The molecular weight excluding hydrogens is 392 g/mol. The molecule has 0 aliphatic carbocycles. The zero-order valence-electron chi connectivity index (χ0n) is 9.41. The van der Waals surface area contributed by atoms with Crippen molar-refractivity contribution >= 4 is 22.6 Å². The SMILES string of the molecule is CC(c1cc(I)cc(C(F)(F)F)c1)C(F)C(F)(F)F. The summed E-state index contributed by atoms with van der Waals surface area (Å²) in [6, 6.07) is 2.45. The molecule has 0 aromatic heterocycles. The molecule has 0 nitrogen and oxygen atoms in total. The summed E-state index contributed by atoms with van der Waals surface area (Å²) in [4.78, 5) is 0. The van der Waals surface area contributed by atoms with Crippen LogP contribution in [0.1, 0.15) is 24.0 Å². The summed E-state index contributed by atoms with van der Waals surface area (Å²) in [7, 11) is 0. The van der Waals surface area contributed by atoms with Gasteiger partial charge in [0.2, 0.25) is 6.17 Å². The predicted molar refractivity (Wildman–Crippen MR) is 63.5 cm³/mol.